The molecule has 2 aromatic carbocycles. The lowest BCUT2D eigenvalue weighted by Crippen LogP contribution is -2.01. The van der Waals surface area contributed by atoms with Gasteiger partial charge >= 0.3 is 0 Å². The SMILES string of the molecule is NCc1cc2ccccc2nc1-c1ccccc1O. The number of rotatable bonds is 2. The van der Waals surface area contributed by atoms with Crippen LogP contribution < -0.4 is 5.73 Å². The number of nitrogens with two attached hydrogens (primary N) is 1. The lowest BCUT2D eigenvalue weighted by Gasteiger charge is -2.10. The van der Waals surface area contributed by atoms with E-state index >= 15 is 0 Å². The van der Waals surface area contributed by atoms with E-state index in [0.29, 0.717) is 12.1 Å². The van der Waals surface area contributed by atoms with E-state index in [0.717, 1.165) is 22.2 Å². The van der Waals surface area contributed by atoms with Crippen LogP contribution in [0.15, 0.2) is 54.6 Å². The van der Waals surface area contributed by atoms with Gasteiger partial charge in [0.25, 0.3) is 0 Å². The van der Waals surface area contributed by atoms with Gasteiger partial charge in [0, 0.05) is 17.5 Å². The predicted octanol–water partition coefficient (Wildman–Crippen LogP) is 3.07. The van der Waals surface area contributed by atoms with Gasteiger partial charge in [0.15, 0.2) is 0 Å². The molecule has 0 aliphatic heterocycles. The summed E-state index contributed by atoms with van der Waals surface area (Å²) < 4.78 is 0. The van der Waals surface area contributed by atoms with E-state index in [2.05, 4.69) is 4.98 Å². The maximum absolute atomic E-state index is 9.98. The van der Waals surface area contributed by atoms with E-state index in [1.807, 2.05) is 42.5 Å². The number of aromatic hydroxyl groups is 1. The maximum atomic E-state index is 9.98. The van der Waals surface area contributed by atoms with Crippen molar-refractivity contribution in [2.75, 3.05) is 0 Å². The Kier molecular flexibility index (Phi) is 2.89. The lowest BCUT2D eigenvalue weighted by molar-refractivity contribution is 0.477. The molecular weight excluding hydrogens is 236 g/mol. The van der Waals surface area contributed by atoms with Gasteiger partial charge in [-0.2, -0.15) is 0 Å². The number of fused-ring (bicyclic) bond motifs is 1. The smallest absolute Gasteiger partial charge is 0.124 e. The zero-order chi connectivity index (χ0) is 13.2. The third kappa shape index (κ3) is 2.04. The number of hydrogen-bond donors (Lipinski definition) is 2. The number of para-hydroxylation sites is 2. The molecule has 0 radical (unpaired) electrons. The van der Waals surface area contributed by atoms with Crippen molar-refractivity contribution in [3.8, 4) is 17.0 Å². The molecule has 3 N–H and O–H groups in total. The molecule has 3 rings (SSSR count). The van der Waals surface area contributed by atoms with E-state index in [1.165, 1.54) is 0 Å². The summed E-state index contributed by atoms with van der Waals surface area (Å²) in [6.45, 7) is 0.390. The molecule has 1 heterocycles. The first kappa shape index (κ1) is 11.7. The van der Waals surface area contributed by atoms with Crippen LogP contribution in [-0.2, 0) is 6.54 Å². The van der Waals surface area contributed by atoms with Crippen molar-refractivity contribution in [2.45, 2.75) is 6.54 Å². The van der Waals surface area contributed by atoms with Gasteiger partial charge in [0.1, 0.15) is 5.75 Å². The molecule has 19 heavy (non-hydrogen) atoms. The number of phenolic OH excluding ortho intramolecular Hbond substituents is 1. The van der Waals surface area contributed by atoms with Gasteiger partial charge in [0.2, 0.25) is 0 Å². The number of phenols is 1. The van der Waals surface area contributed by atoms with Crippen LogP contribution in [0.4, 0.5) is 0 Å². The second-order valence-corrected chi connectivity index (χ2v) is 4.41. The minimum atomic E-state index is 0.222. The molecule has 0 atom stereocenters. The summed E-state index contributed by atoms with van der Waals surface area (Å²) in [7, 11) is 0. The third-order valence-corrected chi connectivity index (χ3v) is 3.18. The Hall–Kier alpha value is -2.39. The van der Waals surface area contributed by atoms with Crippen LogP contribution >= 0.6 is 0 Å². The van der Waals surface area contributed by atoms with Gasteiger partial charge in [0.05, 0.1) is 11.2 Å². The third-order valence-electron chi connectivity index (χ3n) is 3.18. The summed E-state index contributed by atoms with van der Waals surface area (Å²) in [5, 5.41) is 11.0. The molecule has 94 valence electrons. The van der Waals surface area contributed by atoms with Gasteiger partial charge in [-0.1, -0.05) is 30.3 Å². The van der Waals surface area contributed by atoms with Crippen molar-refractivity contribution >= 4 is 10.9 Å². The van der Waals surface area contributed by atoms with Crippen molar-refractivity contribution in [2.24, 2.45) is 5.73 Å². The average molecular weight is 250 g/mol. The topological polar surface area (TPSA) is 59.1 Å². The van der Waals surface area contributed by atoms with Crippen LogP contribution in [0.5, 0.6) is 5.75 Å². The minimum absolute atomic E-state index is 0.222. The highest BCUT2D eigenvalue weighted by molar-refractivity contribution is 5.84. The monoisotopic (exact) mass is 250 g/mol. The highest BCUT2D eigenvalue weighted by atomic mass is 16.3. The van der Waals surface area contributed by atoms with Gasteiger partial charge in [-0.15, -0.1) is 0 Å². The van der Waals surface area contributed by atoms with Crippen LogP contribution in [-0.4, -0.2) is 10.1 Å². The van der Waals surface area contributed by atoms with Crippen molar-refractivity contribution < 1.29 is 5.11 Å². The summed E-state index contributed by atoms with van der Waals surface area (Å²) in [6.07, 6.45) is 0. The first-order valence-corrected chi connectivity index (χ1v) is 6.16. The van der Waals surface area contributed by atoms with E-state index in [-0.39, 0.29) is 5.75 Å². The fourth-order valence-corrected chi connectivity index (χ4v) is 2.22. The first-order valence-electron chi connectivity index (χ1n) is 6.16. The molecule has 0 fully saturated rings. The molecule has 3 nitrogen and oxygen atoms in total. The molecule has 0 unspecified atom stereocenters. The molecular formula is C16H14N2O. The Morgan fingerprint density at radius 2 is 1.74 bits per heavy atom. The second kappa shape index (κ2) is 4.71. The Labute approximate surface area is 111 Å². The number of pyridine rings is 1. The predicted molar refractivity (Wildman–Crippen MR) is 76.7 cm³/mol. The first-order chi connectivity index (χ1) is 9.29. The molecule has 0 spiro atoms. The maximum Gasteiger partial charge on any atom is 0.124 e. The molecule has 3 aromatic rings. The van der Waals surface area contributed by atoms with Gasteiger partial charge < -0.3 is 10.8 Å². The van der Waals surface area contributed by atoms with E-state index in [1.54, 1.807) is 12.1 Å². The van der Waals surface area contributed by atoms with Gasteiger partial charge in [-0.3, -0.25) is 0 Å². The highest BCUT2D eigenvalue weighted by Crippen LogP contribution is 2.31. The molecule has 0 aliphatic carbocycles. The summed E-state index contributed by atoms with van der Waals surface area (Å²) in [6, 6.07) is 17.1. The normalized spacial score (nSPS) is 10.8. The number of benzene rings is 2. The molecule has 0 aliphatic rings. The Bertz CT molecular complexity index is 738. The van der Waals surface area contributed by atoms with E-state index < -0.39 is 0 Å². The van der Waals surface area contributed by atoms with Gasteiger partial charge in [-0.25, -0.2) is 4.98 Å². The summed E-state index contributed by atoms with van der Waals surface area (Å²) in [4.78, 5) is 4.64. The Morgan fingerprint density at radius 3 is 2.53 bits per heavy atom. The number of aromatic nitrogens is 1. The molecule has 0 amide bonds. The summed E-state index contributed by atoms with van der Waals surface area (Å²) in [5.41, 5.74) is 9.10. The standard InChI is InChI=1S/C16H14N2O/c17-10-12-9-11-5-1-3-7-14(11)18-16(12)13-6-2-4-8-15(13)19/h1-9,19H,10,17H2. The van der Waals surface area contributed by atoms with Crippen molar-refractivity contribution in [3.63, 3.8) is 0 Å². The lowest BCUT2D eigenvalue weighted by atomic mass is 10.0. The molecule has 0 saturated carbocycles. The number of nitrogens with zero attached hydrogens (tertiary/aromatic N) is 1. The van der Waals surface area contributed by atoms with Crippen LogP contribution in [0.25, 0.3) is 22.2 Å². The van der Waals surface area contributed by atoms with Crippen LogP contribution in [0.1, 0.15) is 5.56 Å². The fraction of sp³-hybridized carbons (Fsp3) is 0.0625. The molecule has 0 saturated heterocycles. The van der Waals surface area contributed by atoms with Crippen molar-refractivity contribution in [1.29, 1.82) is 0 Å². The Balaban J connectivity index is 2.31. The molecule has 0 bridgehead atoms. The van der Waals surface area contributed by atoms with E-state index in [9.17, 15) is 5.11 Å². The van der Waals surface area contributed by atoms with Crippen LogP contribution in [0.3, 0.4) is 0 Å². The van der Waals surface area contributed by atoms with Crippen molar-refractivity contribution in [1.82, 2.24) is 4.98 Å². The van der Waals surface area contributed by atoms with Crippen LogP contribution in [0.2, 0.25) is 0 Å². The molecule has 1 aromatic heterocycles. The Morgan fingerprint density at radius 1 is 1.00 bits per heavy atom. The second-order valence-electron chi connectivity index (χ2n) is 4.41. The number of hydrogen-bond acceptors (Lipinski definition) is 3. The van der Waals surface area contributed by atoms with Crippen molar-refractivity contribution in [3.05, 3.63) is 60.2 Å². The van der Waals surface area contributed by atoms with Crippen LogP contribution in [0, 0.1) is 0 Å². The summed E-state index contributed by atoms with van der Waals surface area (Å²) >= 11 is 0. The van der Waals surface area contributed by atoms with E-state index in [4.69, 9.17) is 5.73 Å². The molecule has 3 heteroatoms. The largest absolute Gasteiger partial charge is 0.507 e. The highest BCUT2D eigenvalue weighted by Gasteiger charge is 2.11. The minimum Gasteiger partial charge on any atom is -0.507 e. The van der Waals surface area contributed by atoms with Gasteiger partial charge in [-0.05, 0) is 29.8 Å². The zero-order valence-electron chi connectivity index (χ0n) is 10.4. The average Bonchev–Trinajstić information content (AvgIpc) is 2.46. The quantitative estimate of drug-likeness (QED) is 0.734. The zero-order valence-corrected chi connectivity index (χ0v) is 10.4. The summed E-state index contributed by atoms with van der Waals surface area (Å²) in [5.74, 6) is 0.222. The fourth-order valence-electron chi connectivity index (χ4n) is 2.22.